The molecule has 2 fully saturated rings. The Kier molecular flexibility index (Phi) is 38.3. The maximum atomic E-state index is 15.1. The lowest BCUT2D eigenvalue weighted by molar-refractivity contribution is -0.145. The van der Waals surface area contributed by atoms with E-state index in [4.69, 9.17) is 28.3 Å². The summed E-state index contributed by atoms with van der Waals surface area (Å²) in [7, 11) is 3.78. The molecular weight excluding hydrogens is 1690 g/mol. The molecule has 25 N–H and O–H groups in total. The zero-order valence-corrected chi connectivity index (χ0v) is 73.9. The number of aliphatic hydroxyl groups excluding tert-OH is 1. The number of H-pyrrole nitrogens is 3. The highest BCUT2D eigenvalue weighted by Gasteiger charge is 2.43. The summed E-state index contributed by atoms with van der Waals surface area (Å²) >= 11 is 0.779. The molecule has 0 bridgehead atoms. The van der Waals surface area contributed by atoms with E-state index in [1.165, 1.54) is 40.6 Å². The van der Waals surface area contributed by atoms with Gasteiger partial charge in [-0.25, -0.2) is 4.98 Å². The number of imidazole rings is 1. The third kappa shape index (κ3) is 29.5. The van der Waals surface area contributed by atoms with Gasteiger partial charge < -0.3 is 126 Å². The molecule has 8 rings (SSSR count). The highest BCUT2D eigenvalue weighted by Crippen LogP contribution is 2.25. The van der Waals surface area contributed by atoms with E-state index in [9.17, 15) is 77.0 Å². The van der Waals surface area contributed by atoms with Crippen molar-refractivity contribution in [1.82, 2.24) is 103 Å². The van der Waals surface area contributed by atoms with Crippen LogP contribution >= 0.6 is 11.8 Å². The molecule has 2 aliphatic heterocycles. The molecule has 6 aromatic rings. The van der Waals surface area contributed by atoms with Crippen molar-refractivity contribution in [3.63, 3.8) is 0 Å². The van der Waals surface area contributed by atoms with Crippen LogP contribution in [-0.4, -0.2) is 302 Å². The number of nitrogens with two attached hydrogens (primary N) is 4. The van der Waals surface area contributed by atoms with Gasteiger partial charge >= 0.3 is 0 Å². The predicted octanol–water partition coefficient (Wildman–Crippen LogP) is -4.71. The second kappa shape index (κ2) is 49.0. The van der Waals surface area contributed by atoms with Gasteiger partial charge in [0.05, 0.1) is 38.2 Å². The number of primary amides is 2. The fourth-order valence-corrected chi connectivity index (χ4v) is 15.9. The average Bonchev–Trinajstić information content (AvgIpc) is 1.63. The summed E-state index contributed by atoms with van der Waals surface area (Å²) in [5, 5.41) is 51.4. The maximum absolute atomic E-state index is 15.1. The van der Waals surface area contributed by atoms with E-state index in [0.717, 1.165) is 31.4 Å². The van der Waals surface area contributed by atoms with Crippen LogP contribution in [0.3, 0.4) is 0 Å². The van der Waals surface area contributed by atoms with Gasteiger partial charge in [-0.05, 0) is 80.2 Å². The van der Waals surface area contributed by atoms with Crippen molar-refractivity contribution < 1.29 is 86.6 Å². The molecular formula is C85H119N25O18S. The second-order valence-corrected chi connectivity index (χ2v) is 33.4. The Morgan fingerprint density at radius 3 is 1.71 bits per heavy atom. The van der Waals surface area contributed by atoms with E-state index in [0.29, 0.717) is 57.0 Å². The molecule has 13 atom stereocenters. The van der Waals surface area contributed by atoms with Gasteiger partial charge in [-0.1, -0.05) is 100 Å². The number of unbranched alkanes of at least 4 members (excludes halogenated alkanes) is 1. The summed E-state index contributed by atoms with van der Waals surface area (Å²) in [6.45, 7) is 3.34. The molecule has 5 heterocycles. The zero-order chi connectivity index (χ0) is 94.3. The molecule has 2 saturated heterocycles. The molecule has 0 radical (unpaired) electrons. The summed E-state index contributed by atoms with van der Waals surface area (Å²) in [5.41, 5.74) is 26.2. The molecule has 0 spiro atoms. The number of rotatable bonds is 24. The Morgan fingerprint density at radius 2 is 1.12 bits per heavy atom. The highest BCUT2D eigenvalue weighted by atomic mass is 32.2. The van der Waals surface area contributed by atoms with Crippen molar-refractivity contribution in [2.24, 2.45) is 28.9 Å². The number of guanidine groups is 1. The minimum absolute atomic E-state index is 0.0112. The average molecular weight is 1810 g/mol. The number of hydrogen-bond donors (Lipinski definition) is 21. The largest absolute Gasteiger partial charge is 0.394 e. The normalized spacial score (nSPS) is 23.7. The van der Waals surface area contributed by atoms with Gasteiger partial charge in [-0.15, -0.1) is 11.8 Å². The first-order chi connectivity index (χ1) is 61.5. The molecule has 698 valence electrons. The molecule has 44 heteroatoms. The minimum atomic E-state index is -1.87. The van der Waals surface area contributed by atoms with E-state index >= 15 is 9.59 Å². The smallest absolute Gasteiger partial charge is 0.246 e. The molecule has 17 amide bonds. The topological polar surface area (TPSA) is 656 Å². The molecule has 3 aromatic carbocycles. The molecule has 0 aliphatic carbocycles. The number of nitrogens with one attached hydrogen (secondary N) is 16. The lowest BCUT2D eigenvalue weighted by Gasteiger charge is -2.32. The van der Waals surface area contributed by atoms with Crippen LogP contribution in [0.15, 0.2) is 104 Å². The first-order valence-corrected chi connectivity index (χ1v) is 43.7. The van der Waals surface area contributed by atoms with Crippen LogP contribution in [0.4, 0.5) is 0 Å². The first kappa shape index (κ1) is 101. The number of likely N-dealkylation sites (N-methyl/N-ethyl adjacent to an activating group) is 3. The van der Waals surface area contributed by atoms with Crippen molar-refractivity contribution in [2.45, 2.75) is 190 Å². The zero-order valence-electron chi connectivity index (χ0n) is 73.1. The van der Waals surface area contributed by atoms with Crippen LogP contribution in [0.25, 0.3) is 21.8 Å². The number of thioether (sulfide) groups is 1. The van der Waals surface area contributed by atoms with Crippen molar-refractivity contribution in [3.8, 4) is 0 Å². The highest BCUT2D eigenvalue weighted by molar-refractivity contribution is 8.00. The summed E-state index contributed by atoms with van der Waals surface area (Å²) in [6.07, 6.45) is 4.83. The van der Waals surface area contributed by atoms with Gasteiger partial charge in [0.15, 0.2) is 5.96 Å². The number of amides is 17. The van der Waals surface area contributed by atoms with E-state index < -0.39 is 229 Å². The fourth-order valence-electron chi connectivity index (χ4n) is 15.0. The van der Waals surface area contributed by atoms with Gasteiger partial charge in [0, 0.05) is 118 Å². The van der Waals surface area contributed by atoms with Gasteiger partial charge in [0.2, 0.25) is 100 Å². The summed E-state index contributed by atoms with van der Waals surface area (Å²) in [6, 6.07) is 2.17. The van der Waals surface area contributed by atoms with E-state index in [1.54, 1.807) is 112 Å². The number of nitrogens with zero attached hydrogens (tertiary/aromatic N) is 5. The molecule has 3 aromatic heterocycles. The third-order valence-electron chi connectivity index (χ3n) is 22.1. The number of carbonyl (C=O) groups excluding carboxylic acids is 17. The van der Waals surface area contributed by atoms with Crippen molar-refractivity contribution in [2.75, 3.05) is 72.0 Å². The Balaban J connectivity index is 1.16. The fraction of sp³-hybridized carbons (Fsp3) is 0.494. The Bertz CT molecular complexity index is 4970. The lowest BCUT2D eigenvalue weighted by Crippen LogP contribution is -2.62. The van der Waals surface area contributed by atoms with Crippen LogP contribution in [-0.2, 0) is 107 Å². The van der Waals surface area contributed by atoms with Crippen molar-refractivity contribution >= 4 is 140 Å². The number of fused-ring (bicyclic) bond motifs is 3. The number of benzene rings is 3. The van der Waals surface area contributed by atoms with Crippen LogP contribution in [0.5, 0.6) is 0 Å². The quantitative estimate of drug-likeness (QED) is 0.0154. The number of hydrogen-bond acceptors (Lipinski definition) is 22. The van der Waals surface area contributed by atoms with Crippen molar-refractivity contribution in [1.29, 1.82) is 5.41 Å². The Hall–Kier alpha value is -13.5. The SMILES string of the molecule is CCCC[C@H]1C(=O)N[C@@H](CCCNC(=N)N)C(=O)N[C@H](C(=O)NCC(N)=O)CSCC(=O)N[C@@H](Cc2ccccc2)C(=O)N(C)[C@@H](C)C(=O)N[C@@H](CC(N)=O)C(=O)N2CCC[C@H]2C(=O)N[C@@H](Cc2cnc[nH]2)C(=O)N[C@@H](CC(C)C)C(=O)N(C)CC(=O)N[C@@H](Cc2c[nH]c3ccccc23)C(=O)N[C@@H](CO)C(=O)N[C@@H](Cc2c[nH]c3ccccc23)C(=O)N[C@@H](CN)C(=O)N1C. The summed E-state index contributed by atoms with van der Waals surface area (Å²) in [4.78, 5) is 263. The van der Waals surface area contributed by atoms with Crippen LogP contribution < -0.4 is 86.7 Å². The number of aromatic nitrogens is 4. The van der Waals surface area contributed by atoms with E-state index in [1.807, 2.05) is 0 Å². The first-order valence-electron chi connectivity index (χ1n) is 42.5. The van der Waals surface area contributed by atoms with Crippen LogP contribution in [0.1, 0.15) is 108 Å². The van der Waals surface area contributed by atoms with Gasteiger partial charge in [0.25, 0.3) is 0 Å². The number of aliphatic hydroxyl groups is 1. The summed E-state index contributed by atoms with van der Waals surface area (Å²) in [5.74, 6) is -17.8. The van der Waals surface area contributed by atoms with Gasteiger partial charge in [-0.3, -0.25) is 86.9 Å². The number of carbonyl (C=O) groups is 17. The third-order valence-corrected chi connectivity index (χ3v) is 23.1. The minimum Gasteiger partial charge on any atom is -0.394 e. The lowest BCUT2D eigenvalue weighted by atomic mass is 10.0. The molecule has 0 unspecified atom stereocenters. The molecule has 2 aliphatic rings. The predicted molar refractivity (Wildman–Crippen MR) is 475 cm³/mol. The van der Waals surface area contributed by atoms with Gasteiger partial charge in [0.1, 0.15) is 78.5 Å². The second-order valence-electron chi connectivity index (χ2n) is 32.3. The maximum Gasteiger partial charge on any atom is 0.246 e. The molecule has 129 heavy (non-hydrogen) atoms. The Labute approximate surface area is 748 Å². The van der Waals surface area contributed by atoms with E-state index in [2.05, 4.69) is 83.7 Å². The summed E-state index contributed by atoms with van der Waals surface area (Å²) < 4.78 is 0. The van der Waals surface area contributed by atoms with Crippen LogP contribution in [0, 0.1) is 11.3 Å². The van der Waals surface area contributed by atoms with Crippen molar-refractivity contribution in [3.05, 3.63) is 126 Å². The Morgan fingerprint density at radius 1 is 0.566 bits per heavy atom. The standard InChI is InChI=1S/C85H119N25O18S/c1-8-9-26-66-79(123)99-56(25-17-28-92-85(89)90)74(118)106-65(73(117)95-40-69(88)113)43-129-44-71(115)98-61(31-48-19-11-10-12-20-48)82(126)108(6)47(4)72(116)102-62(35-68(87)112)84(128)110-29-18-27-67(110)80(124)101-59(34-51-39-91-45-96-51)77(121)103-60(30-46(2)3)81(125)107(5)41-70(114)97-57(32-49-37-93-54-23-15-13-21-52(49)54)75(119)105-64(42-111)78(122)100-58(76(120)104-63(36-86)83(127)109(66)7)33-50-38-94-55-24-16-14-22-53(50)55/h10-16,19-24,37-39,45-47,56-67,93-94,111H,8-9,17-18,25-36,40-44,86H2,1-7H3,(H2,87,112)(H2,88,113)(H,91,96)(H,95,117)(H,97,114)(H,98,115)(H,99,123)(H,100,122)(H,101,124)(H,102,116)(H,103,121)(H,104,120)(H,105,119)(H,106,118)(H4,89,90,92)/t47-,56-,57-,58-,59-,60-,61-,62-,63-,64-,65-,66-,67-/m0/s1. The van der Waals surface area contributed by atoms with Crippen LogP contribution in [0.2, 0.25) is 0 Å². The number of para-hydroxylation sites is 2. The monoisotopic (exact) mass is 1810 g/mol. The molecule has 0 saturated carbocycles. The van der Waals surface area contributed by atoms with E-state index in [-0.39, 0.29) is 83.2 Å². The number of aromatic amines is 3. The van der Waals surface area contributed by atoms with Gasteiger partial charge in [-0.2, -0.15) is 0 Å². The molecule has 43 nitrogen and oxygen atoms in total.